The molecule has 0 unspecified atom stereocenters. The van der Waals surface area contributed by atoms with Crippen molar-refractivity contribution in [1.29, 1.82) is 0 Å². The lowest BCUT2D eigenvalue weighted by atomic mass is 10.1. The van der Waals surface area contributed by atoms with Gasteiger partial charge in [0, 0.05) is 5.39 Å². The summed E-state index contributed by atoms with van der Waals surface area (Å²) in [5.41, 5.74) is 0.406. The van der Waals surface area contributed by atoms with Gasteiger partial charge in [-0.3, -0.25) is 9.10 Å². The zero-order chi connectivity index (χ0) is 17.9. The van der Waals surface area contributed by atoms with Gasteiger partial charge < -0.3 is 4.74 Å². The maximum atomic E-state index is 13.1. The van der Waals surface area contributed by atoms with E-state index in [0.29, 0.717) is 11.1 Å². The summed E-state index contributed by atoms with van der Waals surface area (Å²) in [6.07, 6.45) is 0. The third kappa shape index (κ3) is 3.34. The van der Waals surface area contributed by atoms with Gasteiger partial charge in [0.05, 0.1) is 17.7 Å². The topological polar surface area (TPSA) is 63.7 Å². The lowest BCUT2D eigenvalue weighted by Gasteiger charge is -2.24. The number of ether oxygens (including phenoxy) is 1. The van der Waals surface area contributed by atoms with Crippen LogP contribution in [0.3, 0.4) is 0 Å². The summed E-state index contributed by atoms with van der Waals surface area (Å²) >= 11 is 0. The van der Waals surface area contributed by atoms with Gasteiger partial charge in [-0.05, 0) is 29.7 Å². The molecule has 0 N–H and O–H groups in total. The fourth-order valence-electron chi connectivity index (χ4n) is 2.55. The van der Waals surface area contributed by atoms with Crippen LogP contribution in [0.25, 0.3) is 10.8 Å². The van der Waals surface area contributed by atoms with E-state index in [1.165, 1.54) is 19.2 Å². The molecule has 0 atom stereocenters. The minimum atomic E-state index is -3.93. The smallest absolute Gasteiger partial charge is 0.326 e. The molecule has 0 heterocycles. The molecular formula is C19H16NO4S. The molecule has 0 amide bonds. The zero-order valence-electron chi connectivity index (χ0n) is 13.5. The van der Waals surface area contributed by atoms with Crippen LogP contribution in [0.5, 0.6) is 0 Å². The molecule has 25 heavy (non-hydrogen) atoms. The van der Waals surface area contributed by atoms with Crippen LogP contribution in [0, 0.1) is 6.07 Å². The predicted molar refractivity (Wildman–Crippen MR) is 95.8 cm³/mol. The summed E-state index contributed by atoms with van der Waals surface area (Å²) < 4.78 is 32.0. The van der Waals surface area contributed by atoms with E-state index in [9.17, 15) is 13.2 Å². The molecule has 0 saturated heterocycles. The van der Waals surface area contributed by atoms with E-state index in [-0.39, 0.29) is 4.90 Å². The van der Waals surface area contributed by atoms with E-state index in [2.05, 4.69) is 6.07 Å². The first-order chi connectivity index (χ1) is 12.0. The fourth-order valence-corrected chi connectivity index (χ4v) is 4.00. The molecule has 1 radical (unpaired) electrons. The van der Waals surface area contributed by atoms with Gasteiger partial charge in [0.2, 0.25) is 0 Å². The Morgan fingerprint density at radius 3 is 2.44 bits per heavy atom. The minimum absolute atomic E-state index is 0.107. The third-order valence-electron chi connectivity index (χ3n) is 3.78. The van der Waals surface area contributed by atoms with Crippen LogP contribution in [0.4, 0.5) is 5.69 Å². The summed E-state index contributed by atoms with van der Waals surface area (Å²) in [4.78, 5) is 12.0. The fraction of sp³-hybridized carbons (Fsp3) is 0.105. The van der Waals surface area contributed by atoms with Gasteiger partial charge in [0.1, 0.15) is 6.54 Å². The molecule has 3 aromatic carbocycles. The van der Waals surface area contributed by atoms with Gasteiger partial charge in [-0.15, -0.1) is 0 Å². The minimum Gasteiger partial charge on any atom is -0.468 e. The number of rotatable bonds is 5. The van der Waals surface area contributed by atoms with Crippen LogP contribution in [-0.4, -0.2) is 28.0 Å². The van der Waals surface area contributed by atoms with Crippen LogP contribution >= 0.6 is 0 Å². The van der Waals surface area contributed by atoms with E-state index in [1.807, 2.05) is 18.2 Å². The van der Waals surface area contributed by atoms with Crippen LogP contribution in [-0.2, 0) is 19.6 Å². The summed E-state index contributed by atoms with van der Waals surface area (Å²) in [5, 5.41) is 1.45. The second-order valence-corrected chi connectivity index (χ2v) is 7.17. The summed E-state index contributed by atoms with van der Waals surface area (Å²) in [6.45, 7) is -0.415. The molecule has 0 aromatic heterocycles. The van der Waals surface area contributed by atoms with Crippen molar-refractivity contribution in [1.82, 2.24) is 0 Å². The van der Waals surface area contributed by atoms with Gasteiger partial charge >= 0.3 is 5.97 Å². The highest BCUT2D eigenvalue weighted by molar-refractivity contribution is 7.92. The normalized spacial score (nSPS) is 11.2. The van der Waals surface area contributed by atoms with E-state index in [0.717, 1.165) is 9.69 Å². The molecule has 0 spiro atoms. The van der Waals surface area contributed by atoms with E-state index in [4.69, 9.17) is 4.74 Å². The molecule has 0 fully saturated rings. The molecule has 0 saturated carbocycles. The number of methoxy groups -OCH3 is 1. The molecule has 0 aliphatic rings. The highest BCUT2D eigenvalue weighted by Gasteiger charge is 2.28. The zero-order valence-corrected chi connectivity index (χ0v) is 14.4. The molecule has 127 valence electrons. The van der Waals surface area contributed by atoms with Crippen molar-refractivity contribution >= 4 is 32.5 Å². The molecule has 0 bridgehead atoms. The maximum Gasteiger partial charge on any atom is 0.326 e. The van der Waals surface area contributed by atoms with Crippen LogP contribution in [0.2, 0.25) is 0 Å². The Hall–Kier alpha value is -2.86. The van der Waals surface area contributed by atoms with Gasteiger partial charge in [0.15, 0.2) is 0 Å². The third-order valence-corrected chi connectivity index (χ3v) is 5.56. The molecule has 5 nitrogen and oxygen atoms in total. The average molecular weight is 354 g/mol. The van der Waals surface area contributed by atoms with Crippen LogP contribution in [0.15, 0.2) is 71.6 Å². The number of esters is 1. The van der Waals surface area contributed by atoms with Crippen molar-refractivity contribution in [3.63, 3.8) is 0 Å². The lowest BCUT2D eigenvalue weighted by Crippen LogP contribution is -2.36. The molecule has 6 heteroatoms. The van der Waals surface area contributed by atoms with Gasteiger partial charge in [-0.1, -0.05) is 48.5 Å². The van der Waals surface area contributed by atoms with Gasteiger partial charge in [-0.25, -0.2) is 8.42 Å². The number of carbonyl (C=O) groups excluding carboxylic acids is 1. The van der Waals surface area contributed by atoms with Crippen molar-refractivity contribution in [3.8, 4) is 0 Å². The number of fused-ring (bicyclic) bond motifs is 1. The predicted octanol–water partition coefficient (Wildman–Crippen LogP) is 3.01. The Morgan fingerprint density at radius 1 is 1.04 bits per heavy atom. The number of sulfonamides is 1. The van der Waals surface area contributed by atoms with E-state index < -0.39 is 22.5 Å². The quantitative estimate of drug-likeness (QED) is 0.661. The first kappa shape index (κ1) is 17.0. The number of benzene rings is 3. The van der Waals surface area contributed by atoms with E-state index >= 15 is 0 Å². The van der Waals surface area contributed by atoms with E-state index in [1.54, 1.807) is 36.4 Å². The summed E-state index contributed by atoms with van der Waals surface area (Å²) in [7, 11) is -2.70. The van der Waals surface area contributed by atoms with Crippen molar-refractivity contribution < 1.29 is 17.9 Å². The first-order valence-corrected chi connectivity index (χ1v) is 9.02. The number of nitrogens with zero attached hydrogens (tertiary/aromatic N) is 1. The second-order valence-electron chi connectivity index (χ2n) is 5.31. The molecule has 3 rings (SSSR count). The number of hydrogen-bond donors (Lipinski definition) is 0. The number of carbonyl (C=O) groups is 1. The lowest BCUT2D eigenvalue weighted by molar-refractivity contribution is -0.138. The van der Waals surface area contributed by atoms with Crippen molar-refractivity contribution in [2.24, 2.45) is 0 Å². The molecule has 0 aliphatic heterocycles. The second kappa shape index (κ2) is 6.94. The van der Waals surface area contributed by atoms with Crippen molar-refractivity contribution in [3.05, 3.63) is 72.8 Å². The van der Waals surface area contributed by atoms with Gasteiger partial charge in [0.25, 0.3) is 10.0 Å². The Morgan fingerprint density at radius 2 is 1.72 bits per heavy atom. The first-order valence-electron chi connectivity index (χ1n) is 7.58. The Kier molecular flexibility index (Phi) is 4.72. The highest BCUT2D eigenvalue weighted by atomic mass is 32.2. The average Bonchev–Trinajstić information content (AvgIpc) is 2.66. The standard InChI is InChI=1S/C19H16NO4S/c1-24-19(21)14-20(25(22,23)16-10-3-2-4-11-16)18-13-7-9-15-8-5-6-12-17(15)18/h2-8,10-13H,14H2,1H3. The molecule has 3 aromatic rings. The van der Waals surface area contributed by atoms with Gasteiger partial charge in [-0.2, -0.15) is 0 Å². The largest absolute Gasteiger partial charge is 0.468 e. The molecule has 0 aliphatic carbocycles. The van der Waals surface area contributed by atoms with Crippen molar-refractivity contribution in [2.75, 3.05) is 18.0 Å². The highest BCUT2D eigenvalue weighted by Crippen LogP contribution is 2.30. The monoisotopic (exact) mass is 354 g/mol. The maximum absolute atomic E-state index is 13.1. The Bertz CT molecular complexity index is 995. The number of anilines is 1. The molecular weight excluding hydrogens is 338 g/mol. The summed E-state index contributed by atoms with van der Waals surface area (Å²) in [5.74, 6) is -0.642. The summed E-state index contributed by atoms with van der Waals surface area (Å²) in [6, 6.07) is 21.6. The van der Waals surface area contributed by atoms with Crippen molar-refractivity contribution in [2.45, 2.75) is 4.90 Å². The Labute approximate surface area is 146 Å². The SMILES string of the molecule is COC(=O)CN(c1cc[c]c2ccccc12)S(=O)(=O)c1ccccc1. The number of hydrogen-bond acceptors (Lipinski definition) is 4. The van der Waals surface area contributed by atoms with Crippen LogP contribution < -0.4 is 4.31 Å². The Balaban J connectivity index is 2.20. The van der Waals surface area contributed by atoms with Crippen LogP contribution in [0.1, 0.15) is 0 Å².